The molecule has 1 aromatic carbocycles. The summed E-state index contributed by atoms with van der Waals surface area (Å²) < 4.78 is 0. The number of rotatable bonds is 6. The summed E-state index contributed by atoms with van der Waals surface area (Å²) in [5.41, 5.74) is 4.59. The molecule has 0 spiro atoms. The van der Waals surface area contributed by atoms with Gasteiger partial charge in [-0.15, -0.1) is 16.4 Å². The van der Waals surface area contributed by atoms with Crippen LogP contribution in [0.5, 0.6) is 0 Å². The van der Waals surface area contributed by atoms with Crippen molar-refractivity contribution in [2.24, 2.45) is 0 Å². The van der Waals surface area contributed by atoms with Crippen LogP contribution in [-0.2, 0) is 19.4 Å². The van der Waals surface area contributed by atoms with Crippen LogP contribution in [0.3, 0.4) is 0 Å². The second kappa shape index (κ2) is 8.07. The maximum absolute atomic E-state index is 9.59. The molecule has 0 unspecified atom stereocenters. The average Bonchev–Trinajstić information content (AvgIpc) is 3.06. The molecule has 0 radical (unpaired) electrons. The summed E-state index contributed by atoms with van der Waals surface area (Å²) in [7, 11) is 0. The monoisotopic (exact) mass is 363 g/mol. The van der Waals surface area contributed by atoms with Gasteiger partial charge in [-0.2, -0.15) is 10.4 Å². The summed E-state index contributed by atoms with van der Waals surface area (Å²) in [6, 6.07) is 12.4. The molecule has 2 heterocycles. The number of thiazole rings is 1. The van der Waals surface area contributed by atoms with Crippen LogP contribution in [0, 0.1) is 18.3 Å². The van der Waals surface area contributed by atoms with E-state index in [2.05, 4.69) is 38.7 Å². The third kappa shape index (κ3) is 3.58. The number of benzene rings is 1. The van der Waals surface area contributed by atoms with Gasteiger partial charge in [0.2, 0.25) is 0 Å². The summed E-state index contributed by atoms with van der Waals surface area (Å²) in [6.45, 7) is 6.66. The van der Waals surface area contributed by atoms with Crippen molar-refractivity contribution in [2.45, 2.75) is 40.2 Å². The molecule has 6 heteroatoms. The molecule has 3 aromatic rings. The summed E-state index contributed by atoms with van der Waals surface area (Å²) in [5, 5.41) is 22.4. The standard InChI is InChI=1S/C20H21N5S/c1-4-15-16(11-21)19(25-24-17(15)5-2)22-12-18-13(3)23-20(26-18)14-9-7-6-8-10-14/h6-10H,4-5,12H2,1-3H3,(H,22,25). The third-order valence-electron chi connectivity index (χ3n) is 4.29. The lowest BCUT2D eigenvalue weighted by atomic mass is 10.0. The highest BCUT2D eigenvalue weighted by Crippen LogP contribution is 2.28. The van der Waals surface area contributed by atoms with Gasteiger partial charge in [0.1, 0.15) is 16.6 Å². The Hall–Kier alpha value is -2.78. The maximum atomic E-state index is 9.59. The van der Waals surface area contributed by atoms with Crippen LogP contribution in [-0.4, -0.2) is 15.2 Å². The van der Waals surface area contributed by atoms with E-state index in [0.29, 0.717) is 17.9 Å². The summed E-state index contributed by atoms with van der Waals surface area (Å²) >= 11 is 1.66. The first-order valence-electron chi connectivity index (χ1n) is 8.72. The van der Waals surface area contributed by atoms with Crippen molar-refractivity contribution < 1.29 is 0 Å². The topological polar surface area (TPSA) is 74.5 Å². The Morgan fingerprint density at radius 3 is 2.54 bits per heavy atom. The van der Waals surface area contributed by atoms with E-state index in [1.54, 1.807) is 11.3 Å². The predicted octanol–water partition coefficient (Wildman–Crippen LogP) is 4.52. The van der Waals surface area contributed by atoms with E-state index in [4.69, 9.17) is 0 Å². The van der Waals surface area contributed by atoms with Gasteiger partial charge in [0.25, 0.3) is 0 Å². The first-order chi connectivity index (χ1) is 12.7. The minimum atomic E-state index is 0.551. The molecule has 26 heavy (non-hydrogen) atoms. The van der Waals surface area contributed by atoms with Gasteiger partial charge < -0.3 is 5.32 Å². The third-order valence-corrected chi connectivity index (χ3v) is 5.49. The molecule has 132 valence electrons. The maximum Gasteiger partial charge on any atom is 0.167 e. The molecule has 0 bridgehead atoms. The zero-order chi connectivity index (χ0) is 18.5. The Kier molecular flexibility index (Phi) is 5.59. The summed E-state index contributed by atoms with van der Waals surface area (Å²) in [6.07, 6.45) is 1.55. The van der Waals surface area contributed by atoms with Gasteiger partial charge in [-0.1, -0.05) is 44.2 Å². The second-order valence-electron chi connectivity index (χ2n) is 5.91. The van der Waals surface area contributed by atoms with E-state index in [-0.39, 0.29) is 0 Å². The van der Waals surface area contributed by atoms with Crippen molar-refractivity contribution in [3.63, 3.8) is 0 Å². The largest absolute Gasteiger partial charge is 0.363 e. The average molecular weight is 363 g/mol. The quantitative estimate of drug-likeness (QED) is 0.697. The first kappa shape index (κ1) is 18.0. The Balaban J connectivity index is 1.84. The molecular formula is C20H21N5S. The number of aryl methyl sites for hydroxylation is 2. The Labute approximate surface area is 157 Å². The van der Waals surface area contributed by atoms with Crippen molar-refractivity contribution in [3.05, 3.63) is 57.7 Å². The number of nitriles is 1. The van der Waals surface area contributed by atoms with E-state index >= 15 is 0 Å². The number of aromatic nitrogens is 3. The van der Waals surface area contributed by atoms with E-state index in [0.717, 1.165) is 45.2 Å². The summed E-state index contributed by atoms with van der Waals surface area (Å²) in [4.78, 5) is 5.81. The minimum absolute atomic E-state index is 0.551. The highest BCUT2D eigenvalue weighted by molar-refractivity contribution is 7.15. The smallest absolute Gasteiger partial charge is 0.167 e. The lowest BCUT2D eigenvalue weighted by Crippen LogP contribution is -2.09. The van der Waals surface area contributed by atoms with E-state index in [1.165, 1.54) is 0 Å². The molecule has 0 atom stereocenters. The molecule has 0 aliphatic heterocycles. The number of hydrogen-bond acceptors (Lipinski definition) is 6. The molecule has 2 aromatic heterocycles. The molecule has 0 amide bonds. The van der Waals surface area contributed by atoms with E-state index in [9.17, 15) is 5.26 Å². The Morgan fingerprint density at radius 1 is 1.12 bits per heavy atom. The lowest BCUT2D eigenvalue weighted by molar-refractivity contribution is 0.869. The lowest BCUT2D eigenvalue weighted by Gasteiger charge is -2.11. The minimum Gasteiger partial charge on any atom is -0.363 e. The second-order valence-corrected chi connectivity index (χ2v) is 7.00. The fraction of sp³-hybridized carbons (Fsp3) is 0.300. The molecule has 1 N–H and O–H groups in total. The highest BCUT2D eigenvalue weighted by atomic mass is 32.1. The first-order valence-corrected chi connectivity index (χ1v) is 9.53. The van der Waals surface area contributed by atoms with Gasteiger partial charge in [-0.25, -0.2) is 4.98 Å². The van der Waals surface area contributed by atoms with Crippen molar-refractivity contribution in [2.75, 3.05) is 5.32 Å². The van der Waals surface area contributed by atoms with Gasteiger partial charge in [0, 0.05) is 10.4 Å². The number of anilines is 1. The number of nitrogens with one attached hydrogen (secondary N) is 1. The van der Waals surface area contributed by atoms with Crippen LogP contribution in [0.1, 0.15) is 41.2 Å². The zero-order valence-corrected chi connectivity index (χ0v) is 16.0. The Morgan fingerprint density at radius 2 is 1.88 bits per heavy atom. The fourth-order valence-electron chi connectivity index (χ4n) is 2.88. The predicted molar refractivity (Wildman–Crippen MR) is 105 cm³/mol. The molecule has 0 fully saturated rings. The molecule has 3 rings (SSSR count). The van der Waals surface area contributed by atoms with E-state index in [1.807, 2.05) is 39.0 Å². The van der Waals surface area contributed by atoms with Crippen molar-refractivity contribution in [3.8, 4) is 16.6 Å². The van der Waals surface area contributed by atoms with Crippen LogP contribution in [0.4, 0.5) is 5.82 Å². The van der Waals surface area contributed by atoms with Crippen LogP contribution in [0.2, 0.25) is 0 Å². The normalized spacial score (nSPS) is 10.5. The molecule has 0 aliphatic rings. The molecule has 0 aliphatic carbocycles. The van der Waals surface area contributed by atoms with Gasteiger partial charge in [0.15, 0.2) is 5.82 Å². The van der Waals surface area contributed by atoms with Gasteiger partial charge in [0.05, 0.1) is 17.9 Å². The van der Waals surface area contributed by atoms with Crippen molar-refractivity contribution in [1.29, 1.82) is 5.26 Å². The fourth-order valence-corrected chi connectivity index (χ4v) is 3.88. The molecule has 0 saturated carbocycles. The molecular weight excluding hydrogens is 342 g/mol. The van der Waals surface area contributed by atoms with Crippen molar-refractivity contribution in [1.82, 2.24) is 15.2 Å². The van der Waals surface area contributed by atoms with Gasteiger partial charge in [-0.05, 0) is 25.3 Å². The SMILES string of the molecule is CCc1nnc(NCc2sc(-c3ccccc3)nc2C)c(C#N)c1CC. The van der Waals surface area contributed by atoms with Gasteiger partial charge in [-0.3, -0.25) is 0 Å². The number of nitrogens with zero attached hydrogens (tertiary/aromatic N) is 4. The highest BCUT2D eigenvalue weighted by Gasteiger charge is 2.15. The van der Waals surface area contributed by atoms with Crippen LogP contribution in [0.15, 0.2) is 30.3 Å². The molecule has 5 nitrogen and oxygen atoms in total. The number of hydrogen-bond donors (Lipinski definition) is 1. The van der Waals surface area contributed by atoms with Crippen molar-refractivity contribution >= 4 is 17.2 Å². The van der Waals surface area contributed by atoms with E-state index < -0.39 is 0 Å². The van der Waals surface area contributed by atoms with Crippen LogP contribution >= 0.6 is 11.3 Å². The Bertz CT molecular complexity index is 941. The van der Waals surface area contributed by atoms with Crippen LogP contribution < -0.4 is 5.32 Å². The zero-order valence-electron chi connectivity index (χ0n) is 15.2. The molecule has 0 saturated heterocycles. The van der Waals surface area contributed by atoms with Gasteiger partial charge >= 0.3 is 0 Å². The van der Waals surface area contributed by atoms with Crippen LogP contribution in [0.25, 0.3) is 10.6 Å². The summed E-state index contributed by atoms with van der Waals surface area (Å²) in [5.74, 6) is 0.551.